The van der Waals surface area contributed by atoms with E-state index >= 15 is 0 Å². The lowest BCUT2D eigenvalue weighted by molar-refractivity contribution is -0.167. The molecule has 0 aliphatic carbocycles. The van der Waals surface area contributed by atoms with Crippen LogP contribution in [0.25, 0.3) is 0 Å². The Morgan fingerprint density at radius 3 is 0.779 bits per heavy atom. The number of rotatable bonds is 61. The molecule has 0 saturated carbocycles. The lowest BCUT2D eigenvalue weighted by Crippen LogP contribution is -2.30. The summed E-state index contributed by atoms with van der Waals surface area (Å²) in [6, 6.07) is 0. The van der Waals surface area contributed by atoms with Gasteiger partial charge in [-0.25, -0.2) is 0 Å². The zero-order chi connectivity index (χ0) is 55.7. The van der Waals surface area contributed by atoms with E-state index in [1.165, 1.54) is 212 Å². The molecule has 0 amide bonds. The van der Waals surface area contributed by atoms with Crippen molar-refractivity contribution in [3.05, 3.63) is 72.9 Å². The van der Waals surface area contributed by atoms with Crippen LogP contribution in [0, 0.1) is 0 Å². The first-order valence-corrected chi connectivity index (χ1v) is 33.4. The third-order valence-corrected chi connectivity index (χ3v) is 14.7. The predicted molar refractivity (Wildman–Crippen MR) is 335 cm³/mol. The van der Waals surface area contributed by atoms with E-state index in [2.05, 4.69) is 93.7 Å². The van der Waals surface area contributed by atoms with E-state index in [0.29, 0.717) is 19.3 Å². The van der Waals surface area contributed by atoms with Crippen LogP contribution in [0.1, 0.15) is 342 Å². The highest BCUT2D eigenvalue weighted by atomic mass is 16.6. The molecule has 0 heterocycles. The second-order valence-electron chi connectivity index (χ2n) is 22.4. The number of esters is 3. The van der Waals surface area contributed by atoms with Crippen molar-refractivity contribution in [3.8, 4) is 0 Å². The number of carbonyl (C=O) groups is 3. The maximum absolute atomic E-state index is 12.9. The number of hydrogen-bond donors (Lipinski definition) is 0. The van der Waals surface area contributed by atoms with Crippen molar-refractivity contribution in [1.82, 2.24) is 0 Å². The minimum absolute atomic E-state index is 0.0798. The molecular weight excluding hydrogens is 949 g/mol. The second kappa shape index (κ2) is 65.4. The van der Waals surface area contributed by atoms with E-state index in [0.717, 1.165) is 89.9 Å². The fourth-order valence-corrected chi connectivity index (χ4v) is 9.58. The molecule has 0 spiro atoms. The van der Waals surface area contributed by atoms with Crippen LogP contribution >= 0.6 is 0 Å². The van der Waals surface area contributed by atoms with E-state index < -0.39 is 6.10 Å². The molecule has 0 bridgehead atoms. The molecule has 0 rings (SSSR count). The van der Waals surface area contributed by atoms with Gasteiger partial charge in [-0.05, 0) is 109 Å². The molecule has 1 unspecified atom stereocenters. The highest BCUT2D eigenvalue weighted by molar-refractivity contribution is 5.71. The lowest BCUT2D eigenvalue weighted by atomic mass is 10.0. The fourth-order valence-electron chi connectivity index (χ4n) is 9.58. The van der Waals surface area contributed by atoms with Crippen molar-refractivity contribution in [2.75, 3.05) is 13.2 Å². The van der Waals surface area contributed by atoms with Gasteiger partial charge < -0.3 is 14.2 Å². The van der Waals surface area contributed by atoms with Gasteiger partial charge in [0.15, 0.2) is 6.10 Å². The highest BCUT2D eigenvalue weighted by Crippen LogP contribution is 2.17. The molecule has 0 saturated heterocycles. The van der Waals surface area contributed by atoms with E-state index in [-0.39, 0.29) is 31.1 Å². The van der Waals surface area contributed by atoms with Gasteiger partial charge in [0, 0.05) is 19.3 Å². The molecule has 0 radical (unpaired) electrons. The molecule has 0 aliphatic heterocycles. The normalized spacial score (nSPS) is 12.5. The first-order valence-electron chi connectivity index (χ1n) is 33.4. The third-order valence-electron chi connectivity index (χ3n) is 14.7. The van der Waals surface area contributed by atoms with Gasteiger partial charge in [0.1, 0.15) is 13.2 Å². The number of hydrogen-bond acceptors (Lipinski definition) is 6. The van der Waals surface area contributed by atoms with Crippen molar-refractivity contribution in [3.63, 3.8) is 0 Å². The summed E-state index contributed by atoms with van der Waals surface area (Å²) in [6.45, 7) is 6.60. The third kappa shape index (κ3) is 63.6. The topological polar surface area (TPSA) is 78.9 Å². The summed E-state index contributed by atoms with van der Waals surface area (Å²) in [5.74, 6) is -0.883. The zero-order valence-corrected chi connectivity index (χ0v) is 51.2. The quantitative estimate of drug-likeness (QED) is 0.0261. The first kappa shape index (κ1) is 73.8. The summed E-state index contributed by atoms with van der Waals surface area (Å²) in [7, 11) is 0. The van der Waals surface area contributed by atoms with Crippen molar-refractivity contribution < 1.29 is 28.6 Å². The van der Waals surface area contributed by atoms with Crippen molar-refractivity contribution in [2.45, 2.75) is 348 Å². The van der Waals surface area contributed by atoms with Gasteiger partial charge in [0.25, 0.3) is 0 Å². The zero-order valence-electron chi connectivity index (χ0n) is 51.2. The van der Waals surface area contributed by atoms with Crippen molar-refractivity contribution in [1.29, 1.82) is 0 Å². The molecular formula is C71H126O6. The molecule has 446 valence electrons. The highest BCUT2D eigenvalue weighted by Gasteiger charge is 2.19. The van der Waals surface area contributed by atoms with E-state index in [4.69, 9.17) is 14.2 Å². The van der Waals surface area contributed by atoms with Gasteiger partial charge in [0.05, 0.1) is 0 Å². The average molecular weight is 1080 g/mol. The van der Waals surface area contributed by atoms with Gasteiger partial charge in [-0.1, -0.05) is 286 Å². The molecule has 1 atom stereocenters. The molecule has 77 heavy (non-hydrogen) atoms. The van der Waals surface area contributed by atoms with Crippen LogP contribution in [0.2, 0.25) is 0 Å². The molecule has 0 aromatic heterocycles. The standard InChI is InChI=1S/C71H126O6/c1-4-7-10-13-16-19-22-24-26-28-30-32-34-35-37-38-40-42-44-46-49-52-55-58-61-64-70(73)76-67-68(66-75-69(72)63-60-57-54-51-48-21-18-15-12-9-6-3)77-71(74)65-62-59-56-53-50-47-45-43-41-39-36-33-31-29-27-25-23-20-17-14-11-8-5-2/h15,18,22-25,28-31,36,39,68H,4-14,16-17,19-21,26-27,32-35,37-38,40-67H2,1-3H3/b18-15-,24-22-,25-23-,30-28-,31-29-,39-36-. The summed E-state index contributed by atoms with van der Waals surface area (Å²) in [5, 5.41) is 0. The predicted octanol–water partition coefficient (Wildman–Crippen LogP) is 22.9. The lowest BCUT2D eigenvalue weighted by Gasteiger charge is -2.18. The molecule has 6 heteroatoms. The fraction of sp³-hybridized carbons (Fsp3) is 0.789. The van der Waals surface area contributed by atoms with Crippen LogP contribution in [0.4, 0.5) is 0 Å². The van der Waals surface area contributed by atoms with Crippen LogP contribution in [-0.4, -0.2) is 37.2 Å². The maximum atomic E-state index is 12.9. The summed E-state index contributed by atoms with van der Waals surface area (Å²) in [6.07, 6.45) is 84.9. The monoisotopic (exact) mass is 1070 g/mol. The number of unbranched alkanes of at least 4 members (excludes halogenated alkanes) is 38. The van der Waals surface area contributed by atoms with Crippen LogP contribution < -0.4 is 0 Å². The van der Waals surface area contributed by atoms with Crippen LogP contribution in [-0.2, 0) is 28.6 Å². The van der Waals surface area contributed by atoms with Gasteiger partial charge in [-0.2, -0.15) is 0 Å². The Morgan fingerprint density at radius 2 is 0.481 bits per heavy atom. The summed E-state index contributed by atoms with van der Waals surface area (Å²) in [5.41, 5.74) is 0. The van der Waals surface area contributed by atoms with Crippen molar-refractivity contribution >= 4 is 17.9 Å². The molecule has 0 aromatic rings. The smallest absolute Gasteiger partial charge is 0.306 e. The Labute approximate surface area is 478 Å². The molecule has 0 N–H and O–H groups in total. The number of allylic oxidation sites excluding steroid dienone is 12. The minimum atomic E-state index is -0.784. The van der Waals surface area contributed by atoms with Crippen LogP contribution in [0.5, 0.6) is 0 Å². The summed E-state index contributed by atoms with van der Waals surface area (Å²) in [4.78, 5) is 38.3. The number of carbonyl (C=O) groups excluding carboxylic acids is 3. The average Bonchev–Trinajstić information content (AvgIpc) is 3.43. The first-order chi connectivity index (χ1) is 38.0. The summed E-state index contributed by atoms with van der Waals surface area (Å²) < 4.78 is 16.9. The Balaban J connectivity index is 4.26. The Kier molecular flexibility index (Phi) is 62.7. The Hall–Kier alpha value is -3.15. The number of ether oxygens (including phenoxy) is 3. The van der Waals surface area contributed by atoms with Crippen molar-refractivity contribution in [2.24, 2.45) is 0 Å². The van der Waals surface area contributed by atoms with Gasteiger partial charge >= 0.3 is 17.9 Å². The van der Waals surface area contributed by atoms with Gasteiger partial charge in [0.2, 0.25) is 0 Å². The Morgan fingerprint density at radius 1 is 0.260 bits per heavy atom. The van der Waals surface area contributed by atoms with Gasteiger partial charge in [-0.3, -0.25) is 14.4 Å². The van der Waals surface area contributed by atoms with E-state index in [1.54, 1.807) is 0 Å². The maximum Gasteiger partial charge on any atom is 0.306 e. The van der Waals surface area contributed by atoms with E-state index in [9.17, 15) is 14.4 Å². The Bertz CT molecular complexity index is 1420. The van der Waals surface area contributed by atoms with Crippen LogP contribution in [0.15, 0.2) is 72.9 Å². The largest absolute Gasteiger partial charge is 0.462 e. The minimum Gasteiger partial charge on any atom is -0.462 e. The molecule has 0 aliphatic rings. The van der Waals surface area contributed by atoms with Gasteiger partial charge in [-0.15, -0.1) is 0 Å². The second-order valence-corrected chi connectivity index (χ2v) is 22.4. The molecule has 0 fully saturated rings. The SMILES string of the molecule is CCCC/C=C\CCCCCCCC(=O)OCC(COC(=O)CCCCCCCCCCCCCCC/C=C\C/C=C\CCCCCCC)OC(=O)CCCCCCCCCC/C=C\C/C=C\C/C=C\CCCCCCC. The molecule has 6 nitrogen and oxygen atoms in total. The molecule has 0 aromatic carbocycles. The van der Waals surface area contributed by atoms with Crippen LogP contribution in [0.3, 0.4) is 0 Å². The summed E-state index contributed by atoms with van der Waals surface area (Å²) >= 11 is 0. The van der Waals surface area contributed by atoms with E-state index in [1.807, 2.05) is 0 Å².